The third kappa shape index (κ3) is 1.84. The number of hydrogen-bond acceptors (Lipinski definition) is 4. The van der Waals surface area contributed by atoms with E-state index in [-0.39, 0.29) is 0 Å². The molecule has 0 aliphatic rings. The SMILES string of the molecule is Cc1noc(Nc2ccccc2)n1. The smallest absolute Gasteiger partial charge is 0.315 e. The molecule has 1 aromatic heterocycles. The van der Waals surface area contributed by atoms with E-state index in [4.69, 9.17) is 4.52 Å². The average Bonchev–Trinajstić information content (AvgIpc) is 2.53. The van der Waals surface area contributed by atoms with Gasteiger partial charge in [0.1, 0.15) is 0 Å². The molecule has 0 saturated heterocycles. The van der Waals surface area contributed by atoms with Gasteiger partial charge in [-0.1, -0.05) is 23.4 Å². The van der Waals surface area contributed by atoms with Crippen molar-refractivity contribution in [2.24, 2.45) is 0 Å². The summed E-state index contributed by atoms with van der Waals surface area (Å²) in [5.41, 5.74) is 0.936. The largest absolute Gasteiger partial charge is 0.325 e. The lowest BCUT2D eigenvalue weighted by Crippen LogP contribution is -1.89. The van der Waals surface area contributed by atoms with E-state index >= 15 is 0 Å². The normalized spacial score (nSPS) is 9.92. The summed E-state index contributed by atoms with van der Waals surface area (Å²) in [6.07, 6.45) is 0. The molecule has 0 amide bonds. The summed E-state index contributed by atoms with van der Waals surface area (Å²) < 4.78 is 4.90. The first-order valence-electron chi connectivity index (χ1n) is 3.97. The van der Waals surface area contributed by atoms with E-state index in [1.165, 1.54) is 0 Å². The molecule has 1 aromatic carbocycles. The van der Waals surface area contributed by atoms with E-state index in [0.717, 1.165) is 5.69 Å². The quantitative estimate of drug-likeness (QED) is 0.759. The van der Waals surface area contributed by atoms with Gasteiger partial charge in [0.05, 0.1) is 0 Å². The molecule has 1 N–H and O–H groups in total. The molecule has 0 aliphatic carbocycles. The summed E-state index contributed by atoms with van der Waals surface area (Å²) in [6.45, 7) is 1.78. The van der Waals surface area contributed by atoms with Gasteiger partial charge in [0.2, 0.25) is 0 Å². The first kappa shape index (κ1) is 7.79. The van der Waals surface area contributed by atoms with E-state index in [1.807, 2.05) is 30.3 Å². The van der Waals surface area contributed by atoms with Crippen LogP contribution in [0.15, 0.2) is 34.9 Å². The first-order valence-corrected chi connectivity index (χ1v) is 3.97. The van der Waals surface area contributed by atoms with E-state index < -0.39 is 0 Å². The highest BCUT2D eigenvalue weighted by molar-refractivity contribution is 5.51. The Balaban J connectivity index is 2.15. The van der Waals surface area contributed by atoms with E-state index in [1.54, 1.807) is 6.92 Å². The average molecular weight is 175 g/mol. The molecule has 13 heavy (non-hydrogen) atoms. The standard InChI is InChI=1S/C9H9N3O/c1-7-10-9(13-12-7)11-8-5-3-2-4-6-8/h2-6H,1H3,(H,10,11,12). The van der Waals surface area contributed by atoms with Crippen molar-refractivity contribution in [3.63, 3.8) is 0 Å². The molecule has 0 aliphatic heterocycles. The van der Waals surface area contributed by atoms with Gasteiger partial charge in [0, 0.05) is 5.69 Å². The van der Waals surface area contributed by atoms with Gasteiger partial charge in [0.15, 0.2) is 5.82 Å². The number of benzene rings is 1. The number of aromatic nitrogens is 2. The second-order valence-electron chi connectivity index (χ2n) is 2.64. The van der Waals surface area contributed by atoms with Gasteiger partial charge >= 0.3 is 6.01 Å². The molecule has 0 fully saturated rings. The Labute approximate surface area is 75.6 Å². The third-order valence-electron chi connectivity index (χ3n) is 1.55. The topological polar surface area (TPSA) is 51.0 Å². The van der Waals surface area contributed by atoms with Crippen molar-refractivity contribution in [3.8, 4) is 0 Å². The highest BCUT2D eigenvalue weighted by Crippen LogP contribution is 2.12. The summed E-state index contributed by atoms with van der Waals surface area (Å²) >= 11 is 0. The van der Waals surface area contributed by atoms with Crippen molar-refractivity contribution in [3.05, 3.63) is 36.2 Å². The summed E-state index contributed by atoms with van der Waals surface area (Å²) in [4.78, 5) is 4.02. The number of nitrogens with one attached hydrogen (secondary N) is 1. The molecule has 2 aromatic rings. The molecule has 4 heteroatoms. The van der Waals surface area contributed by atoms with Gasteiger partial charge in [-0.05, 0) is 19.1 Å². The zero-order valence-electron chi connectivity index (χ0n) is 7.19. The molecule has 0 saturated carbocycles. The van der Waals surface area contributed by atoms with Crippen LogP contribution in [0.5, 0.6) is 0 Å². The van der Waals surface area contributed by atoms with Gasteiger partial charge in [-0.3, -0.25) is 0 Å². The minimum Gasteiger partial charge on any atom is -0.315 e. The molecule has 0 atom stereocenters. The van der Waals surface area contributed by atoms with Crippen LogP contribution in [0.3, 0.4) is 0 Å². The predicted molar refractivity (Wildman–Crippen MR) is 48.8 cm³/mol. The van der Waals surface area contributed by atoms with Crippen LogP contribution >= 0.6 is 0 Å². The molecule has 2 rings (SSSR count). The fourth-order valence-corrected chi connectivity index (χ4v) is 0.993. The van der Waals surface area contributed by atoms with Crippen LogP contribution in [0.25, 0.3) is 0 Å². The van der Waals surface area contributed by atoms with Gasteiger partial charge < -0.3 is 9.84 Å². The van der Waals surface area contributed by atoms with Crippen molar-refractivity contribution in [1.29, 1.82) is 0 Å². The highest BCUT2D eigenvalue weighted by Gasteiger charge is 2.00. The minimum absolute atomic E-state index is 0.420. The van der Waals surface area contributed by atoms with Gasteiger partial charge in [-0.2, -0.15) is 4.98 Å². The summed E-state index contributed by atoms with van der Waals surface area (Å²) in [6, 6.07) is 10.1. The fourth-order valence-electron chi connectivity index (χ4n) is 0.993. The fraction of sp³-hybridized carbons (Fsp3) is 0.111. The van der Waals surface area contributed by atoms with Gasteiger partial charge in [-0.25, -0.2) is 0 Å². The van der Waals surface area contributed by atoms with Crippen molar-refractivity contribution in [2.45, 2.75) is 6.92 Å². The number of hydrogen-bond donors (Lipinski definition) is 1. The minimum atomic E-state index is 0.420. The lowest BCUT2D eigenvalue weighted by atomic mass is 10.3. The van der Waals surface area contributed by atoms with E-state index in [2.05, 4.69) is 15.5 Å². The Morgan fingerprint density at radius 2 is 2.00 bits per heavy atom. The Kier molecular flexibility index (Phi) is 1.96. The Morgan fingerprint density at radius 3 is 2.62 bits per heavy atom. The maximum atomic E-state index is 4.90. The number of anilines is 2. The Hall–Kier alpha value is -1.84. The molecule has 66 valence electrons. The second-order valence-corrected chi connectivity index (χ2v) is 2.64. The summed E-state index contributed by atoms with van der Waals surface area (Å²) in [5, 5.41) is 6.65. The summed E-state index contributed by atoms with van der Waals surface area (Å²) in [5.74, 6) is 0.624. The van der Waals surface area contributed by atoms with E-state index in [0.29, 0.717) is 11.8 Å². The van der Waals surface area contributed by atoms with Crippen LogP contribution in [0.1, 0.15) is 5.82 Å². The van der Waals surface area contributed by atoms with Crippen LogP contribution in [0, 0.1) is 6.92 Å². The zero-order chi connectivity index (χ0) is 9.10. The Bertz CT molecular complexity index is 383. The molecule has 4 nitrogen and oxygen atoms in total. The van der Waals surface area contributed by atoms with Crippen LogP contribution < -0.4 is 5.32 Å². The molecular weight excluding hydrogens is 166 g/mol. The maximum Gasteiger partial charge on any atom is 0.325 e. The van der Waals surface area contributed by atoms with Gasteiger partial charge in [0.25, 0.3) is 0 Å². The first-order chi connectivity index (χ1) is 6.34. The molecule has 0 bridgehead atoms. The van der Waals surface area contributed by atoms with Crippen molar-refractivity contribution in [1.82, 2.24) is 10.1 Å². The molecule has 0 spiro atoms. The van der Waals surface area contributed by atoms with Crippen LogP contribution in [0.2, 0.25) is 0 Å². The maximum absolute atomic E-state index is 4.90. The number of aryl methyl sites for hydroxylation is 1. The zero-order valence-corrected chi connectivity index (χ0v) is 7.19. The van der Waals surface area contributed by atoms with Crippen LogP contribution in [-0.4, -0.2) is 10.1 Å². The molecule has 0 radical (unpaired) electrons. The predicted octanol–water partition coefficient (Wildman–Crippen LogP) is 2.12. The monoisotopic (exact) mass is 175 g/mol. The van der Waals surface area contributed by atoms with Crippen LogP contribution in [-0.2, 0) is 0 Å². The Morgan fingerprint density at radius 1 is 1.23 bits per heavy atom. The highest BCUT2D eigenvalue weighted by atomic mass is 16.5. The van der Waals surface area contributed by atoms with Crippen LogP contribution in [0.4, 0.5) is 11.7 Å². The second kappa shape index (κ2) is 3.26. The lowest BCUT2D eigenvalue weighted by molar-refractivity contribution is 0.428. The lowest BCUT2D eigenvalue weighted by Gasteiger charge is -1.97. The number of nitrogens with zero attached hydrogens (tertiary/aromatic N) is 2. The third-order valence-corrected chi connectivity index (χ3v) is 1.55. The van der Waals surface area contributed by atoms with Crippen molar-refractivity contribution >= 4 is 11.7 Å². The number of rotatable bonds is 2. The van der Waals surface area contributed by atoms with Gasteiger partial charge in [-0.15, -0.1) is 0 Å². The molecular formula is C9H9N3O. The van der Waals surface area contributed by atoms with Crippen molar-refractivity contribution in [2.75, 3.05) is 5.32 Å². The molecule has 1 heterocycles. The molecule has 0 unspecified atom stereocenters. The summed E-state index contributed by atoms with van der Waals surface area (Å²) in [7, 11) is 0. The van der Waals surface area contributed by atoms with E-state index in [9.17, 15) is 0 Å². The van der Waals surface area contributed by atoms with Crippen molar-refractivity contribution < 1.29 is 4.52 Å². The number of para-hydroxylation sites is 1.